The Hall–Kier alpha value is -1.55. The second-order valence-electron chi connectivity index (χ2n) is 5.31. The highest BCUT2D eigenvalue weighted by Crippen LogP contribution is 2.20. The molecule has 4 heteroatoms. The molecular formula is C15H21NO3. The molecule has 0 unspecified atom stereocenters. The smallest absolute Gasteiger partial charge is 0.407 e. The van der Waals surface area contributed by atoms with E-state index in [0.29, 0.717) is 12.5 Å². The molecule has 0 radical (unpaired) electrons. The zero-order valence-corrected chi connectivity index (χ0v) is 11.5. The van der Waals surface area contributed by atoms with Crippen molar-refractivity contribution >= 4 is 6.09 Å². The largest absolute Gasteiger partial charge is 0.445 e. The number of carbonyl (C=O) groups is 1. The minimum absolute atomic E-state index is 0.0586. The number of carbonyl (C=O) groups excluding carboxylic acids is 1. The van der Waals surface area contributed by atoms with E-state index in [0.717, 1.165) is 18.6 Å². The highest BCUT2D eigenvalue weighted by molar-refractivity contribution is 5.67. The van der Waals surface area contributed by atoms with Gasteiger partial charge < -0.3 is 14.8 Å². The first-order chi connectivity index (χ1) is 9.15. The zero-order chi connectivity index (χ0) is 13.7. The van der Waals surface area contributed by atoms with Crippen molar-refractivity contribution in [3.05, 3.63) is 35.9 Å². The van der Waals surface area contributed by atoms with E-state index in [2.05, 4.69) is 19.2 Å². The molecule has 1 amide bonds. The van der Waals surface area contributed by atoms with Crippen molar-refractivity contribution < 1.29 is 14.3 Å². The number of hydrogen-bond acceptors (Lipinski definition) is 3. The second kappa shape index (κ2) is 6.57. The van der Waals surface area contributed by atoms with Gasteiger partial charge in [-0.2, -0.15) is 0 Å². The number of nitrogens with one attached hydrogen (secondary N) is 1. The van der Waals surface area contributed by atoms with E-state index < -0.39 is 0 Å². The highest BCUT2D eigenvalue weighted by atomic mass is 16.6. The maximum absolute atomic E-state index is 11.8. The number of ether oxygens (including phenoxy) is 2. The van der Waals surface area contributed by atoms with E-state index >= 15 is 0 Å². The summed E-state index contributed by atoms with van der Waals surface area (Å²) in [6, 6.07) is 9.72. The van der Waals surface area contributed by atoms with Crippen LogP contribution in [-0.2, 0) is 16.1 Å². The van der Waals surface area contributed by atoms with Crippen LogP contribution in [0.2, 0.25) is 0 Å². The molecule has 1 heterocycles. The van der Waals surface area contributed by atoms with Crippen LogP contribution in [-0.4, -0.2) is 24.8 Å². The molecule has 19 heavy (non-hydrogen) atoms. The average Bonchev–Trinajstić information content (AvgIpc) is 3.20. The van der Waals surface area contributed by atoms with Crippen LogP contribution < -0.4 is 5.32 Å². The summed E-state index contributed by atoms with van der Waals surface area (Å²) in [5.74, 6) is 0.517. The molecule has 4 nitrogen and oxygen atoms in total. The van der Waals surface area contributed by atoms with E-state index in [4.69, 9.17) is 9.47 Å². The number of amides is 1. The van der Waals surface area contributed by atoms with Gasteiger partial charge in [0.25, 0.3) is 0 Å². The van der Waals surface area contributed by atoms with E-state index in [1.54, 1.807) is 0 Å². The molecule has 0 aromatic heterocycles. The number of hydrogen-bond donors (Lipinski definition) is 1. The minimum atomic E-state index is -0.370. The molecular weight excluding hydrogens is 242 g/mol. The molecule has 0 saturated carbocycles. The third-order valence-electron chi connectivity index (χ3n) is 3.05. The van der Waals surface area contributed by atoms with Crippen LogP contribution in [0.5, 0.6) is 0 Å². The Morgan fingerprint density at radius 2 is 2.11 bits per heavy atom. The maximum Gasteiger partial charge on any atom is 0.407 e. The number of epoxide rings is 1. The fourth-order valence-electron chi connectivity index (χ4n) is 2.02. The lowest BCUT2D eigenvalue weighted by atomic mass is 10.0. The molecule has 1 fully saturated rings. The molecule has 0 spiro atoms. The van der Waals surface area contributed by atoms with Gasteiger partial charge in [0.05, 0.1) is 12.6 Å². The van der Waals surface area contributed by atoms with Crippen molar-refractivity contribution in [2.75, 3.05) is 6.61 Å². The third kappa shape index (κ3) is 4.91. The average molecular weight is 263 g/mol. The summed E-state index contributed by atoms with van der Waals surface area (Å²) in [4.78, 5) is 11.8. The Kier molecular flexibility index (Phi) is 4.80. The molecule has 1 aliphatic rings. The van der Waals surface area contributed by atoms with Crippen LogP contribution in [0.15, 0.2) is 30.3 Å². The summed E-state index contributed by atoms with van der Waals surface area (Å²) >= 11 is 0. The maximum atomic E-state index is 11.8. The van der Waals surface area contributed by atoms with Gasteiger partial charge >= 0.3 is 6.09 Å². The lowest BCUT2D eigenvalue weighted by Crippen LogP contribution is -2.40. The molecule has 0 bridgehead atoms. The van der Waals surface area contributed by atoms with Gasteiger partial charge in [0.2, 0.25) is 0 Å². The predicted molar refractivity (Wildman–Crippen MR) is 72.7 cm³/mol. The number of rotatable bonds is 6. The zero-order valence-electron chi connectivity index (χ0n) is 11.5. The fraction of sp³-hybridized carbons (Fsp3) is 0.533. The lowest BCUT2D eigenvalue weighted by Gasteiger charge is -2.18. The van der Waals surface area contributed by atoms with Crippen molar-refractivity contribution in [1.82, 2.24) is 5.32 Å². The fourth-order valence-corrected chi connectivity index (χ4v) is 2.02. The van der Waals surface area contributed by atoms with Crippen LogP contribution in [0, 0.1) is 5.92 Å². The van der Waals surface area contributed by atoms with E-state index in [1.165, 1.54) is 0 Å². The molecule has 2 rings (SSSR count). The summed E-state index contributed by atoms with van der Waals surface area (Å²) in [5, 5.41) is 2.89. The molecule has 1 aromatic carbocycles. The Balaban J connectivity index is 1.76. The summed E-state index contributed by atoms with van der Waals surface area (Å²) in [7, 11) is 0. The first kappa shape index (κ1) is 13.9. The molecule has 104 valence electrons. The number of benzene rings is 1. The highest BCUT2D eigenvalue weighted by Gasteiger charge is 2.34. The van der Waals surface area contributed by atoms with Crippen molar-refractivity contribution in [2.45, 2.75) is 39.0 Å². The summed E-state index contributed by atoms with van der Waals surface area (Å²) in [5.41, 5.74) is 0.987. The second-order valence-corrected chi connectivity index (χ2v) is 5.31. The van der Waals surface area contributed by atoms with Crippen LogP contribution in [0.4, 0.5) is 4.79 Å². The standard InChI is InChI=1S/C15H21NO3/c1-11(2)8-13(14-10-18-14)16-15(17)19-9-12-6-4-3-5-7-12/h3-7,11,13-14H,8-10H2,1-2H3,(H,16,17)/t13-,14+/m0/s1. The lowest BCUT2D eigenvalue weighted by molar-refractivity contribution is 0.131. The van der Waals surface area contributed by atoms with Gasteiger partial charge in [-0.05, 0) is 17.9 Å². The van der Waals surface area contributed by atoms with Gasteiger partial charge in [-0.15, -0.1) is 0 Å². The third-order valence-corrected chi connectivity index (χ3v) is 3.05. The van der Waals surface area contributed by atoms with Crippen LogP contribution in [0.25, 0.3) is 0 Å². The number of alkyl carbamates (subject to hydrolysis) is 1. The van der Waals surface area contributed by atoms with E-state index in [1.807, 2.05) is 30.3 Å². The normalized spacial score (nSPS) is 19.0. The quantitative estimate of drug-likeness (QED) is 0.803. The first-order valence-corrected chi connectivity index (χ1v) is 6.74. The Labute approximate surface area is 114 Å². The summed E-state index contributed by atoms with van der Waals surface area (Å²) in [6.07, 6.45) is 0.696. The van der Waals surface area contributed by atoms with Gasteiger partial charge in [0.1, 0.15) is 12.7 Å². The SMILES string of the molecule is CC(C)C[C@H](NC(=O)OCc1ccccc1)[C@H]1CO1. The van der Waals surface area contributed by atoms with Crippen molar-refractivity contribution in [3.8, 4) is 0 Å². The summed E-state index contributed by atoms with van der Waals surface area (Å²) in [6.45, 7) is 5.29. The van der Waals surface area contributed by atoms with Crippen LogP contribution >= 0.6 is 0 Å². The van der Waals surface area contributed by atoms with Crippen molar-refractivity contribution in [3.63, 3.8) is 0 Å². The van der Waals surface area contributed by atoms with Gasteiger partial charge in [-0.3, -0.25) is 0 Å². The Bertz CT molecular complexity index is 401. The predicted octanol–water partition coefficient (Wildman–Crippen LogP) is 2.73. The molecule has 0 aliphatic carbocycles. The van der Waals surface area contributed by atoms with Crippen molar-refractivity contribution in [2.24, 2.45) is 5.92 Å². The molecule has 1 aromatic rings. The van der Waals surface area contributed by atoms with E-state index in [9.17, 15) is 4.79 Å². The van der Waals surface area contributed by atoms with E-state index in [-0.39, 0.29) is 18.2 Å². The Morgan fingerprint density at radius 3 is 2.68 bits per heavy atom. The Morgan fingerprint density at radius 1 is 1.42 bits per heavy atom. The first-order valence-electron chi connectivity index (χ1n) is 6.74. The van der Waals surface area contributed by atoms with Gasteiger partial charge in [-0.1, -0.05) is 44.2 Å². The molecule has 1 aliphatic heterocycles. The molecule has 2 atom stereocenters. The summed E-state index contributed by atoms with van der Waals surface area (Å²) < 4.78 is 10.5. The molecule has 1 saturated heterocycles. The topological polar surface area (TPSA) is 50.9 Å². The van der Waals surface area contributed by atoms with Crippen LogP contribution in [0.1, 0.15) is 25.8 Å². The molecule has 1 N–H and O–H groups in total. The van der Waals surface area contributed by atoms with Gasteiger partial charge in [0.15, 0.2) is 0 Å². The minimum Gasteiger partial charge on any atom is -0.445 e. The van der Waals surface area contributed by atoms with Gasteiger partial charge in [0, 0.05) is 0 Å². The van der Waals surface area contributed by atoms with Crippen molar-refractivity contribution in [1.29, 1.82) is 0 Å². The monoisotopic (exact) mass is 263 g/mol. The van der Waals surface area contributed by atoms with Crippen LogP contribution in [0.3, 0.4) is 0 Å². The van der Waals surface area contributed by atoms with Gasteiger partial charge in [-0.25, -0.2) is 4.79 Å².